The van der Waals surface area contributed by atoms with E-state index in [0.717, 1.165) is 23.1 Å². The number of hydrogen-bond donors (Lipinski definition) is 2. The third-order valence-corrected chi connectivity index (χ3v) is 5.04. The van der Waals surface area contributed by atoms with E-state index in [1.165, 1.54) is 12.1 Å². The van der Waals surface area contributed by atoms with Crippen LogP contribution in [0.3, 0.4) is 0 Å². The van der Waals surface area contributed by atoms with E-state index < -0.39 is 23.9 Å². The largest absolute Gasteiger partial charge is 0.480 e. The molecule has 25 heavy (non-hydrogen) atoms. The molecule has 1 heterocycles. The Bertz CT molecular complexity index is 742. The van der Waals surface area contributed by atoms with Crippen LogP contribution in [0.5, 0.6) is 0 Å². The number of thiocarbonyl (C=S) groups is 1. The van der Waals surface area contributed by atoms with E-state index in [2.05, 4.69) is 0 Å². The quantitative estimate of drug-likeness (QED) is 0.555. The summed E-state index contributed by atoms with van der Waals surface area (Å²) in [6.45, 7) is 1.95. The highest BCUT2D eigenvalue weighted by Crippen LogP contribution is 2.35. The predicted octanol–water partition coefficient (Wildman–Crippen LogP) is 3.23. The van der Waals surface area contributed by atoms with Crippen LogP contribution in [-0.4, -0.2) is 43.3 Å². The van der Waals surface area contributed by atoms with Crippen molar-refractivity contribution in [3.8, 4) is 0 Å². The summed E-state index contributed by atoms with van der Waals surface area (Å²) in [6, 6.07) is 5.09. The Kier molecular flexibility index (Phi) is 6.33. The Labute approximate surface area is 154 Å². The van der Waals surface area contributed by atoms with E-state index in [1.807, 2.05) is 6.92 Å². The Morgan fingerprint density at radius 2 is 1.92 bits per heavy atom. The molecule has 0 bridgehead atoms. The molecular weight excluding hydrogens is 362 g/mol. The normalized spacial score (nSPS) is 17.2. The monoisotopic (exact) mass is 379 g/mol. The minimum atomic E-state index is -1.07. The van der Waals surface area contributed by atoms with Crippen molar-refractivity contribution in [1.29, 1.82) is 0 Å². The number of carboxylic acid groups (broad SMARTS) is 2. The van der Waals surface area contributed by atoms with Gasteiger partial charge >= 0.3 is 11.9 Å². The fourth-order valence-corrected chi connectivity index (χ4v) is 3.74. The van der Waals surface area contributed by atoms with E-state index in [-0.39, 0.29) is 9.88 Å². The number of aromatic carboxylic acids is 1. The summed E-state index contributed by atoms with van der Waals surface area (Å²) < 4.78 is 0.224. The number of nitrogens with zero attached hydrogens (tertiary/aromatic N) is 1. The number of thioether (sulfide) groups is 1. The number of amides is 1. The first-order valence-electron chi connectivity index (χ1n) is 7.68. The molecule has 1 aliphatic rings. The zero-order valence-corrected chi connectivity index (χ0v) is 15.1. The Hall–Kier alpha value is -2.19. The lowest BCUT2D eigenvalue weighted by molar-refractivity contribution is -0.145. The number of rotatable bonds is 7. The smallest absolute Gasteiger partial charge is 0.335 e. The van der Waals surface area contributed by atoms with Crippen LogP contribution in [0.1, 0.15) is 42.1 Å². The number of benzene rings is 1. The van der Waals surface area contributed by atoms with E-state index in [4.69, 9.17) is 17.3 Å². The summed E-state index contributed by atoms with van der Waals surface area (Å²) in [4.78, 5) is 36.5. The molecule has 132 valence electrons. The summed E-state index contributed by atoms with van der Waals surface area (Å²) in [5, 5.41) is 18.3. The summed E-state index contributed by atoms with van der Waals surface area (Å²) in [6.07, 6.45) is 3.44. The third-order valence-electron chi connectivity index (χ3n) is 3.71. The lowest BCUT2D eigenvalue weighted by Crippen LogP contribution is -2.43. The second-order valence-electron chi connectivity index (χ2n) is 5.48. The summed E-state index contributed by atoms with van der Waals surface area (Å²) in [7, 11) is 0. The lowest BCUT2D eigenvalue weighted by Gasteiger charge is -2.22. The van der Waals surface area contributed by atoms with Gasteiger partial charge in [-0.1, -0.05) is 55.9 Å². The van der Waals surface area contributed by atoms with E-state index >= 15 is 0 Å². The van der Waals surface area contributed by atoms with Crippen molar-refractivity contribution in [2.45, 2.75) is 32.2 Å². The molecule has 2 N–H and O–H groups in total. The highest BCUT2D eigenvalue weighted by Gasteiger charge is 2.40. The van der Waals surface area contributed by atoms with Crippen LogP contribution < -0.4 is 0 Å². The summed E-state index contributed by atoms with van der Waals surface area (Å²) in [5.41, 5.74) is 0.793. The van der Waals surface area contributed by atoms with Gasteiger partial charge in [0.25, 0.3) is 5.91 Å². The van der Waals surface area contributed by atoms with Crippen LogP contribution in [0.4, 0.5) is 0 Å². The molecule has 1 aromatic carbocycles. The molecule has 0 aromatic heterocycles. The molecule has 0 saturated carbocycles. The molecular formula is C17H17NO5S2. The van der Waals surface area contributed by atoms with Gasteiger partial charge in [0, 0.05) is 0 Å². The Morgan fingerprint density at radius 1 is 1.28 bits per heavy atom. The van der Waals surface area contributed by atoms with Crippen molar-refractivity contribution >= 4 is 52.2 Å². The SMILES string of the molecule is CCCCC(C(=O)O)N1C(=O)/C(=C/c2ccc(C(=O)O)cc2)SC1=S. The van der Waals surface area contributed by atoms with Crippen LogP contribution >= 0.6 is 24.0 Å². The molecule has 1 aromatic rings. The molecule has 0 radical (unpaired) electrons. The topological polar surface area (TPSA) is 94.9 Å². The first-order chi connectivity index (χ1) is 11.8. The van der Waals surface area contributed by atoms with Crippen LogP contribution in [0, 0.1) is 0 Å². The second kappa shape index (κ2) is 8.26. The van der Waals surface area contributed by atoms with Gasteiger partial charge in [0.1, 0.15) is 10.4 Å². The maximum absolute atomic E-state index is 12.6. The molecule has 1 saturated heterocycles. The third kappa shape index (κ3) is 4.46. The van der Waals surface area contributed by atoms with Gasteiger partial charge in [0.2, 0.25) is 0 Å². The van der Waals surface area contributed by atoms with Gasteiger partial charge in [-0.2, -0.15) is 0 Å². The standard InChI is InChI=1S/C17H17NO5S2/c1-2-3-4-12(16(22)23)18-14(19)13(25-17(18)24)9-10-5-7-11(8-6-10)15(20)21/h5-9,12H,2-4H2,1H3,(H,20,21)(H,22,23)/b13-9-. The molecule has 1 atom stereocenters. The minimum absolute atomic E-state index is 0.148. The van der Waals surface area contributed by atoms with Crippen LogP contribution in [0.2, 0.25) is 0 Å². The minimum Gasteiger partial charge on any atom is -0.480 e. The zero-order valence-electron chi connectivity index (χ0n) is 13.5. The van der Waals surface area contributed by atoms with Crippen LogP contribution in [-0.2, 0) is 9.59 Å². The fraction of sp³-hybridized carbons (Fsp3) is 0.294. The van der Waals surface area contributed by atoms with E-state index in [9.17, 15) is 19.5 Å². The molecule has 0 aliphatic carbocycles. The molecule has 1 fully saturated rings. The number of unbranched alkanes of at least 4 members (excludes halogenated alkanes) is 1. The zero-order chi connectivity index (χ0) is 18.6. The van der Waals surface area contributed by atoms with Crippen molar-refractivity contribution in [1.82, 2.24) is 4.90 Å². The predicted molar refractivity (Wildman–Crippen MR) is 99.4 cm³/mol. The van der Waals surface area contributed by atoms with Crippen molar-refractivity contribution in [2.24, 2.45) is 0 Å². The van der Waals surface area contributed by atoms with Gasteiger partial charge in [-0.3, -0.25) is 9.69 Å². The Balaban J connectivity index is 2.24. The molecule has 6 nitrogen and oxygen atoms in total. The highest BCUT2D eigenvalue weighted by molar-refractivity contribution is 8.26. The first-order valence-corrected chi connectivity index (χ1v) is 8.90. The van der Waals surface area contributed by atoms with Gasteiger partial charge in [-0.15, -0.1) is 0 Å². The van der Waals surface area contributed by atoms with Crippen molar-refractivity contribution in [3.05, 3.63) is 40.3 Å². The van der Waals surface area contributed by atoms with Gasteiger partial charge in [-0.05, 0) is 30.2 Å². The van der Waals surface area contributed by atoms with Crippen molar-refractivity contribution in [2.75, 3.05) is 0 Å². The molecule has 1 unspecified atom stereocenters. The Morgan fingerprint density at radius 3 is 2.44 bits per heavy atom. The second-order valence-corrected chi connectivity index (χ2v) is 7.15. The molecule has 1 amide bonds. The number of carbonyl (C=O) groups is 3. The van der Waals surface area contributed by atoms with Crippen molar-refractivity contribution < 1.29 is 24.6 Å². The van der Waals surface area contributed by atoms with Crippen molar-refractivity contribution in [3.63, 3.8) is 0 Å². The maximum atomic E-state index is 12.6. The fourth-order valence-electron chi connectivity index (χ4n) is 2.38. The molecule has 8 heteroatoms. The maximum Gasteiger partial charge on any atom is 0.335 e. The van der Waals surface area contributed by atoms with Gasteiger partial charge in [0.05, 0.1) is 10.5 Å². The summed E-state index contributed by atoms with van der Waals surface area (Å²) >= 11 is 6.25. The average molecular weight is 379 g/mol. The number of hydrogen-bond acceptors (Lipinski definition) is 5. The number of carbonyl (C=O) groups excluding carboxylic acids is 1. The van der Waals surface area contributed by atoms with Crippen LogP contribution in [0.25, 0.3) is 6.08 Å². The first kappa shape index (κ1) is 19.1. The molecule has 2 rings (SSSR count). The average Bonchev–Trinajstić information content (AvgIpc) is 2.83. The van der Waals surface area contributed by atoms with Gasteiger partial charge < -0.3 is 10.2 Å². The number of aliphatic carboxylic acids is 1. The van der Waals surface area contributed by atoms with E-state index in [1.54, 1.807) is 18.2 Å². The van der Waals surface area contributed by atoms with Gasteiger partial charge in [-0.25, -0.2) is 9.59 Å². The summed E-state index contributed by atoms with van der Waals surface area (Å²) in [5.74, 6) is -2.53. The van der Waals surface area contributed by atoms with Crippen LogP contribution in [0.15, 0.2) is 29.2 Å². The molecule has 0 spiro atoms. The lowest BCUT2D eigenvalue weighted by atomic mass is 10.1. The molecule has 1 aliphatic heterocycles. The van der Waals surface area contributed by atoms with E-state index in [0.29, 0.717) is 23.3 Å². The number of carboxylic acids is 2. The van der Waals surface area contributed by atoms with Gasteiger partial charge in [0.15, 0.2) is 0 Å². The highest BCUT2D eigenvalue weighted by atomic mass is 32.2.